The Hall–Kier alpha value is -1.05. The number of hydrogen-bond acceptors (Lipinski definition) is 3. The van der Waals surface area contributed by atoms with Crippen molar-refractivity contribution in [1.82, 2.24) is 0 Å². The highest BCUT2D eigenvalue weighted by atomic mass is 127. The van der Waals surface area contributed by atoms with Crippen molar-refractivity contribution in [3.63, 3.8) is 0 Å². The summed E-state index contributed by atoms with van der Waals surface area (Å²) in [4.78, 5) is 0. The average Bonchev–Trinajstić information content (AvgIpc) is 2.97. The van der Waals surface area contributed by atoms with Crippen molar-refractivity contribution in [3.05, 3.63) is 58.2 Å². The van der Waals surface area contributed by atoms with Crippen molar-refractivity contribution >= 4 is 35.2 Å². The predicted octanol–water partition coefficient (Wildman–Crippen LogP) is 2.48. The van der Waals surface area contributed by atoms with Crippen LogP contribution in [-0.2, 0) is 9.31 Å². The Morgan fingerprint density at radius 1 is 1.10 bits per heavy atom. The lowest BCUT2D eigenvalue weighted by molar-refractivity contribution is 0.148. The van der Waals surface area contributed by atoms with Crippen LogP contribution in [0, 0.1) is 3.57 Å². The fourth-order valence-electron chi connectivity index (χ4n) is 2.04. The van der Waals surface area contributed by atoms with Gasteiger partial charge in [0.25, 0.3) is 0 Å². The Labute approximate surface area is 132 Å². The summed E-state index contributed by atoms with van der Waals surface area (Å²) in [5.74, 6) is 0.858. The summed E-state index contributed by atoms with van der Waals surface area (Å²) in [7, 11) is -0.276. The highest BCUT2D eigenvalue weighted by Gasteiger charge is 2.33. The lowest BCUT2D eigenvalue weighted by Gasteiger charge is -2.11. The summed E-state index contributed by atoms with van der Waals surface area (Å²) in [5.41, 5.74) is 1.05. The van der Waals surface area contributed by atoms with Crippen molar-refractivity contribution in [2.24, 2.45) is 0 Å². The Morgan fingerprint density at radius 2 is 1.85 bits per heavy atom. The van der Waals surface area contributed by atoms with Gasteiger partial charge in [-0.3, -0.25) is 0 Å². The van der Waals surface area contributed by atoms with Crippen molar-refractivity contribution < 1.29 is 14.0 Å². The fourth-order valence-corrected chi connectivity index (χ4v) is 2.40. The molecule has 1 fully saturated rings. The summed E-state index contributed by atoms with van der Waals surface area (Å²) in [6.45, 7) is 1.06. The van der Waals surface area contributed by atoms with Crippen LogP contribution in [0.15, 0.2) is 54.6 Å². The predicted molar refractivity (Wildman–Crippen MR) is 87.3 cm³/mol. The van der Waals surface area contributed by atoms with Gasteiger partial charge in [-0.1, -0.05) is 30.3 Å². The fraction of sp³-hybridized carbons (Fsp3) is 0.200. The minimum absolute atomic E-state index is 0.0283. The molecule has 2 aromatic rings. The smallest absolute Gasteiger partial charge is 0.491 e. The molecule has 1 heterocycles. The number of ether oxygens (including phenoxy) is 1. The lowest BCUT2D eigenvalue weighted by atomic mass is 9.79. The molecule has 5 heteroatoms. The molecule has 0 bridgehead atoms. The molecule has 0 spiro atoms. The zero-order valence-electron chi connectivity index (χ0n) is 10.9. The average molecular weight is 380 g/mol. The van der Waals surface area contributed by atoms with E-state index in [0.717, 1.165) is 11.2 Å². The second-order valence-corrected chi connectivity index (χ2v) is 5.84. The van der Waals surface area contributed by atoms with Gasteiger partial charge in [0.05, 0.1) is 12.7 Å². The molecule has 1 saturated heterocycles. The first kappa shape index (κ1) is 13.9. The van der Waals surface area contributed by atoms with E-state index in [4.69, 9.17) is 14.0 Å². The van der Waals surface area contributed by atoms with Gasteiger partial charge in [0.2, 0.25) is 0 Å². The van der Waals surface area contributed by atoms with Crippen LogP contribution in [0.5, 0.6) is 5.75 Å². The summed E-state index contributed by atoms with van der Waals surface area (Å²) in [6.07, 6.45) is -0.0283. The van der Waals surface area contributed by atoms with Gasteiger partial charge >= 0.3 is 7.12 Å². The van der Waals surface area contributed by atoms with Crippen molar-refractivity contribution in [3.8, 4) is 5.75 Å². The maximum absolute atomic E-state index is 5.84. The molecular weight excluding hydrogens is 366 g/mol. The van der Waals surface area contributed by atoms with Gasteiger partial charge in [-0.15, -0.1) is 0 Å². The van der Waals surface area contributed by atoms with Crippen LogP contribution in [0.1, 0.15) is 0 Å². The van der Waals surface area contributed by atoms with E-state index in [2.05, 4.69) is 22.6 Å². The third kappa shape index (κ3) is 3.53. The number of halogens is 1. The molecule has 1 aliphatic heterocycles. The highest BCUT2D eigenvalue weighted by molar-refractivity contribution is 14.1. The molecule has 102 valence electrons. The summed E-state index contributed by atoms with van der Waals surface area (Å²) < 4.78 is 18.4. The molecule has 1 aliphatic rings. The molecule has 1 atom stereocenters. The van der Waals surface area contributed by atoms with Gasteiger partial charge in [-0.05, 0) is 52.3 Å². The largest absolute Gasteiger partial charge is 0.494 e. The minimum atomic E-state index is -0.276. The molecular formula is C15H14BIO3. The zero-order valence-corrected chi connectivity index (χ0v) is 13.0. The third-order valence-electron chi connectivity index (χ3n) is 3.07. The van der Waals surface area contributed by atoms with E-state index in [0.29, 0.717) is 13.2 Å². The molecule has 0 unspecified atom stereocenters. The lowest BCUT2D eigenvalue weighted by Crippen LogP contribution is -2.33. The van der Waals surface area contributed by atoms with Gasteiger partial charge in [-0.25, -0.2) is 0 Å². The van der Waals surface area contributed by atoms with Crippen LogP contribution in [-0.4, -0.2) is 26.4 Å². The molecule has 20 heavy (non-hydrogen) atoms. The van der Waals surface area contributed by atoms with E-state index < -0.39 is 0 Å². The van der Waals surface area contributed by atoms with E-state index in [1.54, 1.807) is 0 Å². The number of hydrogen-bond donors (Lipinski definition) is 0. The SMILES string of the molecule is Ic1ccc(OC[C@@H]2COB(c3ccccc3)O2)cc1. The maximum atomic E-state index is 5.84. The number of benzene rings is 2. The molecule has 2 aromatic carbocycles. The normalized spacial score (nSPS) is 18.2. The molecule has 3 nitrogen and oxygen atoms in total. The van der Waals surface area contributed by atoms with Crippen molar-refractivity contribution in [2.45, 2.75) is 6.10 Å². The van der Waals surface area contributed by atoms with Crippen LogP contribution >= 0.6 is 22.6 Å². The Bertz CT molecular complexity index is 547. The second-order valence-electron chi connectivity index (χ2n) is 4.60. The van der Waals surface area contributed by atoms with E-state index in [1.807, 2.05) is 54.6 Å². The topological polar surface area (TPSA) is 27.7 Å². The van der Waals surface area contributed by atoms with Crippen LogP contribution in [0.3, 0.4) is 0 Å². The van der Waals surface area contributed by atoms with E-state index in [-0.39, 0.29) is 13.2 Å². The summed E-state index contributed by atoms with van der Waals surface area (Å²) >= 11 is 2.27. The van der Waals surface area contributed by atoms with Gasteiger partial charge in [0.15, 0.2) is 0 Å². The standard InChI is InChI=1S/C15H14BIO3/c17-13-6-8-14(9-7-13)18-10-15-11-19-16(20-15)12-4-2-1-3-5-12/h1-9,15H,10-11H2/t15-/m1/s1. The number of rotatable bonds is 4. The van der Waals surface area contributed by atoms with Crippen molar-refractivity contribution in [2.75, 3.05) is 13.2 Å². The molecule has 0 amide bonds. The summed E-state index contributed by atoms with van der Waals surface area (Å²) in [6, 6.07) is 17.9. The van der Waals surface area contributed by atoms with Crippen LogP contribution in [0.2, 0.25) is 0 Å². The second kappa shape index (κ2) is 6.60. The molecule has 0 aromatic heterocycles. The van der Waals surface area contributed by atoms with Crippen LogP contribution < -0.4 is 10.2 Å². The minimum Gasteiger partial charge on any atom is -0.491 e. The van der Waals surface area contributed by atoms with Crippen molar-refractivity contribution in [1.29, 1.82) is 0 Å². The Kier molecular flexibility index (Phi) is 4.60. The molecule has 0 N–H and O–H groups in total. The first-order chi connectivity index (χ1) is 9.81. The van der Waals surface area contributed by atoms with Gasteiger partial charge in [-0.2, -0.15) is 0 Å². The highest BCUT2D eigenvalue weighted by Crippen LogP contribution is 2.15. The first-order valence-electron chi connectivity index (χ1n) is 6.51. The Morgan fingerprint density at radius 3 is 2.60 bits per heavy atom. The monoisotopic (exact) mass is 380 g/mol. The van der Waals surface area contributed by atoms with E-state index >= 15 is 0 Å². The van der Waals surface area contributed by atoms with Crippen LogP contribution in [0.25, 0.3) is 0 Å². The van der Waals surface area contributed by atoms with Gasteiger partial charge in [0, 0.05) is 3.57 Å². The summed E-state index contributed by atoms with van der Waals surface area (Å²) in [5, 5.41) is 0. The molecule has 3 rings (SSSR count). The molecule has 0 radical (unpaired) electrons. The zero-order chi connectivity index (χ0) is 13.8. The third-order valence-corrected chi connectivity index (χ3v) is 3.79. The Balaban J connectivity index is 1.52. The molecule has 0 saturated carbocycles. The van der Waals surface area contributed by atoms with Crippen LogP contribution in [0.4, 0.5) is 0 Å². The van der Waals surface area contributed by atoms with E-state index in [9.17, 15) is 0 Å². The molecule has 0 aliphatic carbocycles. The maximum Gasteiger partial charge on any atom is 0.494 e. The first-order valence-corrected chi connectivity index (χ1v) is 7.59. The van der Waals surface area contributed by atoms with E-state index in [1.165, 1.54) is 3.57 Å². The quantitative estimate of drug-likeness (QED) is 0.603. The van der Waals surface area contributed by atoms with Gasteiger partial charge in [0.1, 0.15) is 12.4 Å². The van der Waals surface area contributed by atoms with Gasteiger partial charge < -0.3 is 14.0 Å².